The molecule has 6 nitrogen and oxygen atoms in total. The highest BCUT2D eigenvalue weighted by molar-refractivity contribution is 5.95. The molecule has 1 aliphatic heterocycles. The number of nitro benzene ring substituents is 1. The van der Waals surface area contributed by atoms with Crippen molar-refractivity contribution in [3.8, 4) is 0 Å². The lowest BCUT2D eigenvalue weighted by molar-refractivity contribution is -0.384. The van der Waals surface area contributed by atoms with Crippen molar-refractivity contribution in [2.24, 2.45) is 5.73 Å². The first-order valence-electron chi connectivity index (χ1n) is 6.29. The van der Waals surface area contributed by atoms with Crippen LogP contribution in [0.4, 0.5) is 11.4 Å². The summed E-state index contributed by atoms with van der Waals surface area (Å²) in [6, 6.07) is 4.66. The summed E-state index contributed by atoms with van der Waals surface area (Å²) < 4.78 is 0. The lowest BCUT2D eigenvalue weighted by Gasteiger charge is -2.32. The number of carbonyl (C=O) groups is 1. The Morgan fingerprint density at radius 2 is 2.26 bits per heavy atom. The van der Waals surface area contributed by atoms with Crippen molar-refractivity contribution >= 4 is 17.2 Å². The zero-order valence-corrected chi connectivity index (χ0v) is 10.8. The number of nitrogens with zero attached hydrogens (tertiary/aromatic N) is 2. The van der Waals surface area contributed by atoms with E-state index in [4.69, 9.17) is 5.73 Å². The molecule has 1 atom stereocenters. The summed E-state index contributed by atoms with van der Waals surface area (Å²) in [5.41, 5.74) is 6.78. The van der Waals surface area contributed by atoms with Crippen molar-refractivity contribution in [2.45, 2.75) is 25.8 Å². The predicted molar refractivity (Wildman–Crippen MR) is 72.5 cm³/mol. The largest absolute Gasteiger partial charge is 0.364 e. The van der Waals surface area contributed by atoms with Crippen LogP contribution in [0.2, 0.25) is 0 Å². The Morgan fingerprint density at radius 3 is 2.84 bits per heavy atom. The molecule has 0 bridgehead atoms. The summed E-state index contributed by atoms with van der Waals surface area (Å²) in [5, 5.41) is 11.2. The number of hydrogen-bond donors (Lipinski definition) is 1. The van der Waals surface area contributed by atoms with E-state index in [9.17, 15) is 14.9 Å². The normalized spacial score (nSPS) is 19.3. The molecule has 0 aromatic heterocycles. The van der Waals surface area contributed by atoms with Crippen LogP contribution >= 0.6 is 0 Å². The summed E-state index contributed by atoms with van der Waals surface area (Å²) in [6.07, 6.45) is 1.86. The average Bonchev–Trinajstić information content (AvgIpc) is 2.37. The number of rotatable bonds is 3. The highest BCUT2D eigenvalue weighted by Crippen LogP contribution is 2.31. The van der Waals surface area contributed by atoms with E-state index < -0.39 is 4.92 Å². The molecule has 1 saturated heterocycles. The van der Waals surface area contributed by atoms with Crippen LogP contribution in [0.25, 0.3) is 0 Å². The summed E-state index contributed by atoms with van der Waals surface area (Å²) in [7, 11) is 0. The highest BCUT2D eigenvalue weighted by Gasteiger charge is 2.24. The van der Waals surface area contributed by atoms with Gasteiger partial charge in [-0.1, -0.05) is 0 Å². The first-order chi connectivity index (χ1) is 8.99. The van der Waals surface area contributed by atoms with Crippen LogP contribution in [-0.4, -0.2) is 29.8 Å². The number of piperidine rings is 1. The monoisotopic (exact) mass is 263 g/mol. The Balaban J connectivity index is 2.38. The van der Waals surface area contributed by atoms with E-state index in [2.05, 4.69) is 0 Å². The zero-order chi connectivity index (χ0) is 14.0. The molecular weight excluding hydrogens is 246 g/mol. The molecule has 1 aromatic carbocycles. The van der Waals surface area contributed by atoms with E-state index in [1.165, 1.54) is 13.0 Å². The van der Waals surface area contributed by atoms with Crippen molar-refractivity contribution in [3.63, 3.8) is 0 Å². The molecule has 1 heterocycles. The molecule has 1 aliphatic rings. The Bertz CT molecular complexity index is 516. The van der Waals surface area contributed by atoms with Gasteiger partial charge in [-0.2, -0.15) is 0 Å². The van der Waals surface area contributed by atoms with Gasteiger partial charge in [0.25, 0.3) is 5.69 Å². The fraction of sp³-hybridized carbons (Fsp3) is 0.462. The molecule has 0 amide bonds. The second-order valence-electron chi connectivity index (χ2n) is 4.87. The van der Waals surface area contributed by atoms with Crippen molar-refractivity contribution in [3.05, 3.63) is 33.9 Å². The van der Waals surface area contributed by atoms with Crippen molar-refractivity contribution in [1.29, 1.82) is 0 Å². The van der Waals surface area contributed by atoms with Gasteiger partial charge >= 0.3 is 0 Å². The topological polar surface area (TPSA) is 89.5 Å². The van der Waals surface area contributed by atoms with Crippen LogP contribution in [0.5, 0.6) is 0 Å². The molecule has 19 heavy (non-hydrogen) atoms. The van der Waals surface area contributed by atoms with Gasteiger partial charge in [-0.05, 0) is 31.9 Å². The molecule has 1 aromatic rings. The molecule has 0 aliphatic carbocycles. The van der Waals surface area contributed by atoms with Crippen LogP contribution in [0.1, 0.15) is 30.1 Å². The van der Waals surface area contributed by atoms with Gasteiger partial charge in [0.2, 0.25) is 0 Å². The maximum Gasteiger partial charge on any atom is 0.293 e. The van der Waals surface area contributed by atoms with Gasteiger partial charge in [0, 0.05) is 30.8 Å². The maximum absolute atomic E-state index is 11.3. The summed E-state index contributed by atoms with van der Waals surface area (Å²) >= 11 is 0. The molecular formula is C13H17N3O3. The van der Waals surface area contributed by atoms with Crippen LogP contribution in [0, 0.1) is 10.1 Å². The standard InChI is InChI=1S/C13H17N3O3/c1-9(17)10-4-5-12(13(7-10)16(18)19)15-6-2-3-11(14)8-15/h4-5,7,11H,2-3,6,8,14H2,1H3. The summed E-state index contributed by atoms with van der Waals surface area (Å²) in [6.45, 7) is 2.77. The molecule has 0 spiro atoms. The van der Waals surface area contributed by atoms with Crippen LogP contribution in [0.15, 0.2) is 18.2 Å². The highest BCUT2D eigenvalue weighted by atomic mass is 16.6. The lowest BCUT2D eigenvalue weighted by Crippen LogP contribution is -2.43. The van der Waals surface area contributed by atoms with Crippen molar-refractivity contribution in [2.75, 3.05) is 18.0 Å². The van der Waals surface area contributed by atoms with Crippen LogP contribution in [-0.2, 0) is 0 Å². The molecule has 2 rings (SSSR count). The van der Waals surface area contributed by atoms with Crippen LogP contribution in [0.3, 0.4) is 0 Å². The first-order valence-corrected chi connectivity index (χ1v) is 6.29. The fourth-order valence-corrected chi connectivity index (χ4v) is 2.38. The minimum Gasteiger partial charge on any atom is -0.364 e. The zero-order valence-electron chi connectivity index (χ0n) is 10.8. The molecule has 6 heteroatoms. The quantitative estimate of drug-likeness (QED) is 0.509. The molecule has 2 N–H and O–H groups in total. The van der Waals surface area contributed by atoms with Crippen LogP contribution < -0.4 is 10.6 Å². The number of anilines is 1. The number of nitro groups is 1. The van der Waals surface area contributed by atoms with Gasteiger partial charge in [-0.15, -0.1) is 0 Å². The van der Waals surface area contributed by atoms with E-state index >= 15 is 0 Å². The molecule has 102 valence electrons. The number of Topliss-reactive ketones (excluding diaryl/α,β-unsaturated/α-hetero) is 1. The SMILES string of the molecule is CC(=O)c1ccc(N2CCCC(N)C2)c([N+](=O)[O-])c1. The van der Waals surface area contributed by atoms with Gasteiger partial charge in [0.05, 0.1) is 4.92 Å². The third-order valence-corrected chi connectivity index (χ3v) is 3.38. The van der Waals surface area contributed by atoms with Gasteiger partial charge in [0.1, 0.15) is 5.69 Å². The molecule has 0 radical (unpaired) electrons. The van der Waals surface area contributed by atoms with Crippen molar-refractivity contribution in [1.82, 2.24) is 0 Å². The van der Waals surface area contributed by atoms with E-state index in [1.807, 2.05) is 4.90 Å². The van der Waals surface area contributed by atoms with Crippen molar-refractivity contribution < 1.29 is 9.72 Å². The van der Waals surface area contributed by atoms with E-state index in [-0.39, 0.29) is 17.5 Å². The Hall–Kier alpha value is -1.95. The predicted octanol–water partition coefficient (Wildman–Crippen LogP) is 1.72. The molecule has 0 saturated carbocycles. The minimum atomic E-state index is -0.443. The number of ketones is 1. The summed E-state index contributed by atoms with van der Waals surface area (Å²) in [5.74, 6) is -0.176. The Morgan fingerprint density at radius 1 is 1.53 bits per heavy atom. The second kappa shape index (κ2) is 5.36. The van der Waals surface area contributed by atoms with E-state index in [0.29, 0.717) is 17.8 Å². The van der Waals surface area contributed by atoms with E-state index in [0.717, 1.165) is 19.4 Å². The lowest BCUT2D eigenvalue weighted by atomic mass is 10.0. The maximum atomic E-state index is 11.3. The minimum absolute atomic E-state index is 0.0261. The van der Waals surface area contributed by atoms with Gasteiger partial charge < -0.3 is 10.6 Å². The number of carbonyl (C=O) groups excluding carboxylic acids is 1. The molecule has 1 fully saturated rings. The fourth-order valence-electron chi connectivity index (χ4n) is 2.38. The summed E-state index contributed by atoms with van der Waals surface area (Å²) in [4.78, 5) is 23.9. The third-order valence-electron chi connectivity index (χ3n) is 3.38. The van der Waals surface area contributed by atoms with Gasteiger partial charge in [-0.3, -0.25) is 14.9 Å². The van der Waals surface area contributed by atoms with Gasteiger partial charge in [0.15, 0.2) is 5.78 Å². The second-order valence-corrected chi connectivity index (χ2v) is 4.87. The third kappa shape index (κ3) is 2.90. The average molecular weight is 263 g/mol. The number of hydrogen-bond acceptors (Lipinski definition) is 5. The molecule has 1 unspecified atom stereocenters. The number of benzene rings is 1. The first kappa shape index (κ1) is 13.5. The van der Waals surface area contributed by atoms with Gasteiger partial charge in [-0.25, -0.2) is 0 Å². The smallest absolute Gasteiger partial charge is 0.293 e. The number of nitrogens with two attached hydrogens (primary N) is 1. The Kier molecular flexibility index (Phi) is 3.80. The Labute approximate surface area is 111 Å². The van der Waals surface area contributed by atoms with E-state index in [1.54, 1.807) is 12.1 Å².